The Labute approximate surface area is 71.1 Å². The lowest BCUT2D eigenvalue weighted by Gasteiger charge is -1.93. The van der Waals surface area contributed by atoms with Gasteiger partial charge in [0.2, 0.25) is 0 Å². The van der Waals surface area contributed by atoms with Crippen LogP contribution >= 0.6 is 0 Å². The second-order valence-electron chi connectivity index (χ2n) is 3.04. The Kier molecular flexibility index (Phi) is 1.40. The Morgan fingerprint density at radius 3 is 2.58 bits per heavy atom. The van der Waals surface area contributed by atoms with Crippen LogP contribution < -0.4 is 0 Å². The first kappa shape index (κ1) is 7.28. The standard InChI is InChI=1S/C9H11N3/c1-6-7(2)9-4-10-5-11-12(9)8(6)3/h4-5H,1-3H3. The summed E-state index contributed by atoms with van der Waals surface area (Å²) in [5.74, 6) is 0. The number of hydrogen-bond acceptors (Lipinski definition) is 2. The third-order valence-corrected chi connectivity index (χ3v) is 2.47. The number of hydrogen-bond donors (Lipinski definition) is 0. The van der Waals surface area contributed by atoms with E-state index in [1.54, 1.807) is 6.33 Å². The largest absolute Gasteiger partial charge is 0.241 e. The van der Waals surface area contributed by atoms with Crippen molar-refractivity contribution in [2.75, 3.05) is 0 Å². The molecule has 0 aliphatic carbocycles. The monoisotopic (exact) mass is 161 g/mol. The SMILES string of the molecule is Cc1c(C)c2cncnn2c1C. The summed E-state index contributed by atoms with van der Waals surface area (Å²) in [6.07, 6.45) is 3.42. The van der Waals surface area contributed by atoms with Crippen molar-refractivity contribution in [1.29, 1.82) is 0 Å². The summed E-state index contributed by atoms with van der Waals surface area (Å²) in [4.78, 5) is 4.00. The van der Waals surface area contributed by atoms with E-state index in [0.29, 0.717) is 0 Å². The molecule has 0 aliphatic heterocycles. The van der Waals surface area contributed by atoms with Gasteiger partial charge in [-0.05, 0) is 31.9 Å². The van der Waals surface area contributed by atoms with Crippen LogP contribution in [0.1, 0.15) is 16.8 Å². The predicted octanol–water partition coefficient (Wildman–Crippen LogP) is 1.65. The molecule has 2 aromatic heterocycles. The van der Waals surface area contributed by atoms with E-state index in [-0.39, 0.29) is 0 Å². The zero-order valence-electron chi connectivity index (χ0n) is 7.50. The molecule has 2 heterocycles. The molecule has 12 heavy (non-hydrogen) atoms. The van der Waals surface area contributed by atoms with E-state index in [4.69, 9.17) is 0 Å². The van der Waals surface area contributed by atoms with Crippen LogP contribution in [-0.4, -0.2) is 14.6 Å². The predicted molar refractivity (Wildman–Crippen MR) is 47.2 cm³/mol. The summed E-state index contributed by atoms with van der Waals surface area (Å²) in [5, 5.41) is 4.17. The van der Waals surface area contributed by atoms with Gasteiger partial charge in [0.1, 0.15) is 6.33 Å². The molecule has 0 saturated carbocycles. The molecule has 2 aromatic rings. The van der Waals surface area contributed by atoms with Crippen molar-refractivity contribution in [3.8, 4) is 0 Å². The van der Waals surface area contributed by atoms with Crippen LogP contribution in [0.5, 0.6) is 0 Å². The number of nitrogens with zero attached hydrogens (tertiary/aromatic N) is 3. The van der Waals surface area contributed by atoms with Gasteiger partial charge in [0, 0.05) is 5.69 Å². The third-order valence-electron chi connectivity index (χ3n) is 2.47. The first-order chi connectivity index (χ1) is 5.72. The second-order valence-corrected chi connectivity index (χ2v) is 3.04. The molecule has 62 valence electrons. The Hall–Kier alpha value is -1.38. The van der Waals surface area contributed by atoms with Crippen molar-refractivity contribution < 1.29 is 0 Å². The molecule has 0 saturated heterocycles. The van der Waals surface area contributed by atoms with E-state index in [9.17, 15) is 0 Å². The van der Waals surface area contributed by atoms with Crippen molar-refractivity contribution in [3.05, 3.63) is 29.3 Å². The van der Waals surface area contributed by atoms with Gasteiger partial charge in [0.25, 0.3) is 0 Å². The second kappa shape index (κ2) is 2.30. The summed E-state index contributed by atoms with van der Waals surface area (Å²) >= 11 is 0. The smallest absolute Gasteiger partial charge is 0.136 e. The maximum Gasteiger partial charge on any atom is 0.136 e. The quantitative estimate of drug-likeness (QED) is 0.588. The van der Waals surface area contributed by atoms with Gasteiger partial charge in [-0.2, -0.15) is 5.10 Å². The van der Waals surface area contributed by atoms with Crippen LogP contribution in [0.2, 0.25) is 0 Å². The Morgan fingerprint density at radius 1 is 1.17 bits per heavy atom. The first-order valence-corrected chi connectivity index (χ1v) is 3.96. The molecule has 0 aromatic carbocycles. The lowest BCUT2D eigenvalue weighted by atomic mass is 10.2. The lowest BCUT2D eigenvalue weighted by Crippen LogP contribution is -1.93. The molecular formula is C9H11N3. The maximum absolute atomic E-state index is 4.17. The molecule has 0 fully saturated rings. The Balaban J connectivity index is 2.99. The summed E-state index contributed by atoms with van der Waals surface area (Å²) in [6, 6.07) is 0. The summed E-state index contributed by atoms with van der Waals surface area (Å²) in [6.45, 7) is 6.28. The molecule has 0 bridgehead atoms. The Morgan fingerprint density at radius 2 is 1.92 bits per heavy atom. The molecule has 0 unspecified atom stereocenters. The van der Waals surface area contributed by atoms with Gasteiger partial charge in [-0.25, -0.2) is 9.50 Å². The van der Waals surface area contributed by atoms with Crippen molar-refractivity contribution in [1.82, 2.24) is 14.6 Å². The fraction of sp³-hybridized carbons (Fsp3) is 0.333. The summed E-state index contributed by atoms with van der Waals surface area (Å²) in [7, 11) is 0. The van der Waals surface area contributed by atoms with Crippen LogP contribution in [0, 0.1) is 20.8 Å². The maximum atomic E-state index is 4.17. The van der Waals surface area contributed by atoms with E-state index in [2.05, 4.69) is 30.9 Å². The van der Waals surface area contributed by atoms with E-state index < -0.39 is 0 Å². The zero-order valence-corrected chi connectivity index (χ0v) is 7.50. The van der Waals surface area contributed by atoms with Gasteiger partial charge in [0.05, 0.1) is 11.7 Å². The van der Waals surface area contributed by atoms with E-state index in [1.807, 2.05) is 10.7 Å². The fourth-order valence-corrected chi connectivity index (χ4v) is 1.45. The van der Waals surface area contributed by atoms with Crippen LogP contribution in [0.15, 0.2) is 12.5 Å². The number of fused-ring (bicyclic) bond motifs is 1. The minimum atomic E-state index is 1.10. The van der Waals surface area contributed by atoms with Crippen LogP contribution in [0.3, 0.4) is 0 Å². The average Bonchev–Trinajstić information content (AvgIpc) is 2.33. The van der Waals surface area contributed by atoms with Crippen LogP contribution in [0.25, 0.3) is 5.52 Å². The molecule has 0 radical (unpaired) electrons. The van der Waals surface area contributed by atoms with E-state index in [0.717, 1.165) is 5.52 Å². The van der Waals surface area contributed by atoms with Crippen molar-refractivity contribution in [2.24, 2.45) is 0 Å². The molecular weight excluding hydrogens is 150 g/mol. The molecule has 3 nitrogen and oxygen atoms in total. The van der Waals surface area contributed by atoms with Gasteiger partial charge in [-0.1, -0.05) is 0 Å². The van der Waals surface area contributed by atoms with Crippen LogP contribution in [-0.2, 0) is 0 Å². The zero-order chi connectivity index (χ0) is 8.72. The van der Waals surface area contributed by atoms with E-state index in [1.165, 1.54) is 16.8 Å². The number of aryl methyl sites for hydroxylation is 2. The summed E-state index contributed by atoms with van der Waals surface area (Å²) < 4.78 is 1.93. The molecule has 0 aliphatic rings. The van der Waals surface area contributed by atoms with Gasteiger partial charge < -0.3 is 0 Å². The van der Waals surface area contributed by atoms with Gasteiger partial charge in [-0.3, -0.25) is 0 Å². The van der Waals surface area contributed by atoms with Crippen LogP contribution in [0.4, 0.5) is 0 Å². The molecule has 0 amide bonds. The van der Waals surface area contributed by atoms with Crippen molar-refractivity contribution in [2.45, 2.75) is 20.8 Å². The molecule has 0 spiro atoms. The molecule has 2 rings (SSSR count). The van der Waals surface area contributed by atoms with Gasteiger partial charge in [-0.15, -0.1) is 0 Å². The highest BCUT2D eigenvalue weighted by Crippen LogP contribution is 2.18. The normalized spacial score (nSPS) is 10.9. The van der Waals surface area contributed by atoms with E-state index >= 15 is 0 Å². The minimum Gasteiger partial charge on any atom is -0.241 e. The lowest BCUT2D eigenvalue weighted by molar-refractivity contribution is 0.867. The molecule has 0 atom stereocenters. The molecule has 3 heteroatoms. The Bertz CT molecular complexity index is 390. The fourth-order valence-electron chi connectivity index (χ4n) is 1.45. The highest BCUT2D eigenvalue weighted by atomic mass is 15.2. The van der Waals surface area contributed by atoms with Crippen molar-refractivity contribution >= 4 is 5.52 Å². The van der Waals surface area contributed by atoms with Gasteiger partial charge in [0.15, 0.2) is 0 Å². The highest BCUT2D eigenvalue weighted by molar-refractivity contribution is 5.58. The van der Waals surface area contributed by atoms with Gasteiger partial charge >= 0.3 is 0 Å². The first-order valence-electron chi connectivity index (χ1n) is 3.96. The van der Waals surface area contributed by atoms with Crippen molar-refractivity contribution in [3.63, 3.8) is 0 Å². The average molecular weight is 161 g/mol. The molecule has 0 N–H and O–H groups in total. The topological polar surface area (TPSA) is 30.2 Å². The highest BCUT2D eigenvalue weighted by Gasteiger charge is 2.07. The summed E-state index contributed by atoms with van der Waals surface area (Å²) in [5.41, 5.74) is 4.88. The third kappa shape index (κ3) is 0.763. The number of rotatable bonds is 0. The number of aromatic nitrogens is 3. The minimum absolute atomic E-state index is 1.10.